The molecule has 0 spiro atoms. The summed E-state index contributed by atoms with van der Waals surface area (Å²) in [6.45, 7) is 2.69. The third kappa shape index (κ3) is 3.27. The number of hydrogen-bond acceptors (Lipinski definition) is 5. The number of benzene rings is 1. The summed E-state index contributed by atoms with van der Waals surface area (Å²) in [7, 11) is 0. The van der Waals surface area contributed by atoms with Crippen LogP contribution in [-0.4, -0.2) is 46.7 Å². The predicted molar refractivity (Wildman–Crippen MR) is 79.1 cm³/mol. The van der Waals surface area contributed by atoms with Gasteiger partial charge in [-0.25, -0.2) is 9.18 Å². The number of piperazine rings is 1. The van der Waals surface area contributed by atoms with Gasteiger partial charge in [-0.2, -0.15) is 0 Å². The van der Waals surface area contributed by atoms with Gasteiger partial charge in [0, 0.05) is 43.4 Å². The predicted octanol–water partition coefficient (Wildman–Crippen LogP) is 2.03. The molecule has 2 aromatic rings. The van der Waals surface area contributed by atoms with Gasteiger partial charge >= 0.3 is 6.03 Å². The fourth-order valence-corrected chi connectivity index (χ4v) is 2.64. The smallest absolute Gasteiger partial charge is 0.322 e. The first-order valence-corrected chi connectivity index (χ1v) is 7.33. The SMILES string of the molecule is O=C(Nc1cnns1)N1CCN(c2ccc(F)cc2)CC1. The lowest BCUT2D eigenvalue weighted by atomic mass is 10.2. The van der Waals surface area contributed by atoms with Crippen molar-refractivity contribution in [1.82, 2.24) is 14.5 Å². The van der Waals surface area contributed by atoms with Crippen LogP contribution in [0.3, 0.4) is 0 Å². The molecule has 0 radical (unpaired) electrons. The molecule has 2 amide bonds. The van der Waals surface area contributed by atoms with Crippen molar-refractivity contribution in [3.8, 4) is 0 Å². The van der Waals surface area contributed by atoms with Crippen molar-refractivity contribution in [3.63, 3.8) is 0 Å². The van der Waals surface area contributed by atoms with Crippen molar-refractivity contribution in [2.75, 3.05) is 36.4 Å². The molecule has 0 bridgehead atoms. The molecule has 1 aromatic heterocycles. The summed E-state index contributed by atoms with van der Waals surface area (Å²) in [5.74, 6) is -0.241. The Morgan fingerprint density at radius 1 is 1.19 bits per heavy atom. The Balaban J connectivity index is 1.55. The van der Waals surface area contributed by atoms with Gasteiger partial charge in [0.1, 0.15) is 10.8 Å². The number of rotatable bonds is 2. The number of carbonyl (C=O) groups is 1. The summed E-state index contributed by atoms with van der Waals surface area (Å²) in [4.78, 5) is 15.9. The Labute approximate surface area is 125 Å². The van der Waals surface area contributed by atoms with E-state index in [1.807, 2.05) is 0 Å². The van der Waals surface area contributed by atoms with E-state index in [1.165, 1.54) is 18.3 Å². The van der Waals surface area contributed by atoms with Gasteiger partial charge < -0.3 is 9.80 Å². The summed E-state index contributed by atoms with van der Waals surface area (Å²) in [5, 5.41) is 7.08. The van der Waals surface area contributed by atoms with E-state index in [0.29, 0.717) is 18.1 Å². The van der Waals surface area contributed by atoms with Gasteiger partial charge in [-0.3, -0.25) is 5.32 Å². The van der Waals surface area contributed by atoms with Gasteiger partial charge in [0.15, 0.2) is 0 Å². The van der Waals surface area contributed by atoms with E-state index in [-0.39, 0.29) is 11.8 Å². The van der Waals surface area contributed by atoms with Crippen molar-refractivity contribution in [2.45, 2.75) is 0 Å². The molecule has 1 fully saturated rings. The molecule has 6 nitrogen and oxygen atoms in total. The largest absolute Gasteiger partial charge is 0.368 e. The highest BCUT2D eigenvalue weighted by atomic mass is 32.1. The number of hydrogen-bond donors (Lipinski definition) is 1. The standard InChI is InChI=1S/C13H14FN5OS/c14-10-1-3-11(4-2-10)18-5-7-19(8-6-18)13(20)16-12-9-15-17-21-12/h1-4,9H,5-8H2,(H,16,20). The van der Waals surface area contributed by atoms with Crippen LogP contribution in [0.25, 0.3) is 0 Å². The van der Waals surface area contributed by atoms with Gasteiger partial charge in [0.05, 0.1) is 6.20 Å². The Kier molecular flexibility index (Phi) is 3.96. The van der Waals surface area contributed by atoms with Gasteiger partial charge in [0.25, 0.3) is 0 Å². The van der Waals surface area contributed by atoms with Gasteiger partial charge in [-0.1, -0.05) is 4.49 Å². The number of carbonyl (C=O) groups excluding carboxylic acids is 1. The molecule has 3 rings (SSSR count). The van der Waals surface area contributed by atoms with Crippen LogP contribution in [0.5, 0.6) is 0 Å². The van der Waals surface area contributed by atoms with Crippen molar-refractivity contribution in [2.24, 2.45) is 0 Å². The lowest BCUT2D eigenvalue weighted by molar-refractivity contribution is 0.208. The van der Waals surface area contributed by atoms with E-state index < -0.39 is 0 Å². The second-order valence-corrected chi connectivity index (χ2v) is 5.45. The van der Waals surface area contributed by atoms with E-state index in [1.54, 1.807) is 17.0 Å². The summed E-state index contributed by atoms with van der Waals surface area (Å²) < 4.78 is 16.6. The van der Waals surface area contributed by atoms with Crippen LogP contribution < -0.4 is 10.2 Å². The molecule has 0 aliphatic carbocycles. The molecular formula is C13H14FN5OS. The topological polar surface area (TPSA) is 61.4 Å². The molecule has 8 heteroatoms. The maximum atomic E-state index is 12.9. The molecule has 1 aromatic carbocycles. The van der Waals surface area contributed by atoms with E-state index in [9.17, 15) is 9.18 Å². The normalized spacial score (nSPS) is 15.1. The second kappa shape index (κ2) is 6.04. The summed E-state index contributed by atoms with van der Waals surface area (Å²) in [6, 6.07) is 6.28. The fourth-order valence-electron chi connectivity index (χ4n) is 2.23. The molecule has 2 heterocycles. The number of urea groups is 1. The monoisotopic (exact) mass is 307 g/mol. The van der Waals surface area contributed by atoms with Crippen LogP contribution in [-0.2, 0) is 0 Å². The van der Waals surface area contributed by atoms with Gasteiger partial charge in [-0.05, 0) is 24.3 Å². The van der Waals surface area contributed by atoms with Crippen molar-refractivity contribution in [1.29, 1.82) is 0 Å². The number of halogens is 1. The lowest BCUT2D eigenvalue weighted by Crippen LogP contribution is -2.50. The van der Waals surface area contributed by atoms with Crippen LogP contribution in [0.2, 0.25) is 0 Å². The zero-order chi connectivity index (χ0) is 14.7. The molecule has 21 heavy (non-hydrogen) atoms. The van der Waals surface area contributed by atoms with Crippen LogP contribution >= 0.6 is 11.5 Å². The summed E-state index contributed by atoms with van der Waals surface area (Å²) >= 11 is 1.15. The summed E-state index contributed by atoms with van der Waals surface area (Å²) in [6.07, 6.45) is 1.53. The molecule has 1 N–H and O–H groups in total. The van der Waals surface area contributed by atoms with Crippen molar-refractivity contribution < 1.29 is 9.18 Å². The molecule has 1 saturated heterocycles. The minimum Gasteiger partial charge on any atom is -0.368 e. The van der Waals surface area contributed by atoms with Gasteiger partial charge in [0.2, 0.25) is 0 Å². The maximum Gasteiger partial charge on any atom is 0.322 e. The molecular weight excluding hydrogens is 293 g/mol. The Bertz CT molecular complexity index is 596. The third-order valence-electron chi connectivity index (χ3n) is 3.35. The van der Waals surface area contributed by atoms with Gasteiger partial charge in [-0.15, -0.1) is 5.10 Å². The van der Waals surface area contributed by atoms with Crippen molar-refractivity contribution in [3.05, 3.63) is 36.3 Å². The molecule has 1 aliphatic heterocycles. The van der Waals surface area contributed by atoms with Crippen LogP contribution in [0.4, 0.5) is 19.9 Å². The van der Waals surface area contributed by atoms with Crippen LogP contribution in [0.1, 0.15) is 0 Å². The zero-order valence-corrected chi connectivity index (χ0v) is 12.0. The number of amides is 2. The Hall–Kier alpha value is -2.22. The average Bonchev–Trinajstić information content (AvgIpc) is 3.01. The first kappa shape index (κ1) is 13.7. The zero-order valence-electron chi connectivity index (χ0n) is 11.2. The highest BCUT2D eigenvalue weighted by Crippen LogP contribution is 2.17. The summed E-state index contributed by atoms with van der Waals surface area (Å²) in [5.41, 5.74) is 0.975. The molecule has 0 saturated carbocycles. The Morgan fingerprint density at radius 2 is 1.90 bits per heavy atom. The van der Waals surface area contributed by atoms with E-state index in [4.69, 9.17) is 0 Å². The number of nitrogens with one attached hydrogen (secondary N) is 1. The molecule has 110 valence electrons. The highest BCUT2D eigenvalue weighted by molar-refractivity contribution is 7.10. The lowest BCUT2D eigenvalue weighted by Gasteiger charge is -2.35. The number of anilines is 2. The number of aromatic nitrogens is 2. The number of nitrogens with zero attached hydrogens (tertiary/aromatic N) is 4. The minimum absolute atomic E-state index is 0.139. The van der Waals surface area contributed by atoms with E-state index >= 15 is 0 Å². The first-order valence-electron chi connectivity index (χ1n) is 6.56. The quantitative estimate of drug-likeness (QED) is 0.922. The fraction of sp³-hybridized carbons (Fsp3) is 0.308. The minimum atomic E-state index is -0.241. The highest BCUT2D eigenvalue weighted by Gasteiger charge is 2.21. The molecule has 0 unspecified atom stereocenters. The first-order chi connectivity index (χ1) is 10.2. The third-order valence-corrected chi connectivity index (χ3v) is 3.93. The van der Waals surface area contributed by atoms with Crippen molar-refractivity contribution >= 4 is 28.3 Å². The van der Waals surface area contributed by atoms with Crippen LogP contribution in [0.15, 0.2) is 30.5 Å². The van der Waals surface area contributed by atoms with Crippen LogP contribution in [0, 0.1) is 5.82 Å². The van der Waals surface area contributed by atoms with E-state index in [2.05, 4.69) is 19.8 Å². The average molecular weight is 307 g/mol. The molecule has 0 atom stereocenters. The molecule has 1 aliphatic rings. The second-order valence-electron chi connectivity index (χ2n) is 4.66. The van der Waals surface area contributed by atoms with E-state index in [0.717, 1.165) is 30.3 Å². The maximum absolute atomic E-state index is 12.9. The Morgan fingerprint density at radius 3 is 2.52 bits per heavy atom.